The molecule has 0 amide bonds. The number of rotatable bonds is 4. The van der Waals surface area contributed by atoms with Crippen LogP contribution in [-0.4, -0.2) is 42.9 Å². The first-order valence-electron chi connectivity index (χ1n) is 17.7. The molecule has 0 unspecified atom stereocenters. The van der Waals surface area contributed by atoms with Crippen LogP contribution in [0.15, 0.2) is 162 Å². The fourth-order valence-electron chi connectivity index (χ4n) is 6.16. The highest BCUT2D eigenvalue weighted by Gasteiger charge is 2.15. The molecule has 0 bridgehead atoms. The van der Waals surface area contributed by atoms with Gasteiger partial charge in [-0.1, -0.05) is 36.4 Å². The molecule has 0 aliphatic heterocycles. The lowest BCUT2D eigenvalue weighted by molar-refractivity contribution is 0.373. The van der Waals surface area contributed by atoms with Gasteiger partial charge in [-0.15, -0.1) is 0 Å². The van der Waals surface area contributed by atoms with Gasteiger partial charge in [-0.05, 0) is 71.3 Å². The van der Waals surface area contributed by atoms with Crippen LogP contribution in [0.5, 0.6) is 46.0 Å². The molecule has 14 nitrogen and oxygen atoms in total. The number of hydrogen-bond donors (Lipinski definition) is 7. The van der Waals surface area contributed by atoms with Crippen molar-refractivity contribution >= 4 is 32.9 Å². The maximum Gasteiger partial charge on any atom is 0.204 e. The van der Waals surface area contributed by atoms with Crippen LogP contribution in [-0.2, 0) is 0 Å². The van der Waals surface area contributed by atoms with E-state index in [1.165, 1.54) is 98.7 Å². The van der Waals surface area contributed by atoms with Crippen molar-refractivity contribution in [1.29, 1.82) is 0 Å². The standard InChI is InChI=1S/C16H12O5.C15H10O5.C15H10O4/c1-20-15-6-11-14(7-13(15)18)21-8-12(16(11)19)9-2-4-10(17)5-3-9;16-9-3-1-8(2-4-9)11-7-20-13-6-10(17)5-12(18)14(13)15(11)19;16-10-3-1-9(2-4-10)13-8-19-14-7-11(17)5-6-12(14)15(13)18/h2-8,17-18H,1H3;1-7,16-18H;1-8,16-17H. The number of methoxy groups -OCH3 is 1. The van der Waals surface area contributed by atoms with Crippen molar-refractivity contribution in [2.75, 3.05) is 7.11 Å². The Balaban J connectivity index is 0.000000136. The number of ether oxygens (including phenoxy) is 1. The highest BCUT2D eigenvalue weighted by atomic mass is 16.5. The maximum atomic E-state index is 12.5. The van der Waals surface area contributed by atoms with Crippen molar-refractivity contribution in [3.63, 3.8) is 0 Å². The lowest BCUT2D eigenvalue weighted by atomic mass is 10.0. The number of hydrogen-bond acceptors (Lipinski definition) is 14. The Labute approximate surface area is 337 Å². The van der Waals surface area contributed by atoms with Gasteiger partial charge in [0.2, 0.25) is 10.9 Å². The van der Waals surface area contributed by atoms with Crippen LogP contribution in [0, 0.1) is 0 Å². The predicted octanol–water partition coefficient (Wildman–Crippen LogP) is 8.33. The molecule has 0 radical (unpaired) electrons. The average molecular weight is 809 g/mol. The van der Waals surface area contributed by atoms with Gasteiger partial charge in [0.1, 0.15) is 75.4 Å². The largest absolute Gasteiger partial charge is 0.508 e. The summed E-state index contributed by atoms with van der Waals surface area (Å²) >= 11 is 0. The zero-order chi connectivity index (χ0) is 42.7. The molecule has 0 fully saturated rings. The maximum absolute atomic E-state index is 12.5. The Kier molecular flexibility index (Phi) is 10.8. The van der Waals surface area contributed by atoms with Crippen LogP contribution < -0.4 is 21.0 Å². The van der Waals surface area contributed by atoms with Crippen molar-refractivity contribution in [3.8, 4) is 79.4 Å². The van der Waals surface area contributed by atoms with Gasteiger partial charge in [0, 0.05) is 24.3 Å². The normalized spacial score (nSPS) is 10.8. The number of aromatic hydroxyl groups is 7. The van der Waals surface area contributed by atoms with E-state index in [4.69, 9.17) is 18.0 Å². The van der Waals surface area contributed by atoms with Crippen molar-refractivity contribution in [2.24, 2.45) is 0 Å². The average Bonchev–Trinajstić information content (AvgIpc) is 3.22. The van der Waals surface area contributed by atoms with Crippen LogP contribution in [0.4, 0.5) is 0 Å². The van der Waals surface area contributed by atoms with Crippen LogP contribution in [0.2, 0.25) is 0 Å². The Morgan fingerprint density at radius 3 is 1.32 bits per heavy atom. The summed E-state index contributed by atoms with van der Waals surface area (Å²) < 4.78 is 21.1. The summed E-state index contributed by atoms with van der Waals surface area (Å²) in [7, 11) is 1.41. The molecule has 6 aromatic carbocycles. The molecule has 3 heterocycles. The van der Waals surface area contributed by atoms with Gasteiger partial charge in [-0.2, -0.15) is 0 Å². The van der Waals surface area contributed by atoms with E-state index in [1.54, 1.807) is 36.4 Å². The molecule has 9 rings (SSSR count). The zero-order valence-electron chi connectivity index (χ0n) is 31.2. The van der Waals surface area contributed by atoms with Crippen molar-refractivity contribution in [3.05, 3.63) is 165 Å². The van der Waals surface area contributed by atoms with Gasteiger partial charge < -0.3 is 53.7 Å². The summed E-state index contributed by atoms with van der Waals surface area (Å²) in [4.78, 5) is 37.2. The molecule has 0 atom stereocenters. The molecule has 0 aliphatic rings. The van der Waals surface area contributed by atoms with Crippen molar-refractivity contribution < 1.29 is 53.7 Å². The van der Waals surface area contributed by atoms with Crippen LogP contribution >= 0.6 is 0 Å². The fraction of sp³-hybridized carbons (Fsp3) is 0.0217. The molecule has 0 spiro atoms. The van der Waals surface area contributed by atoms with Gasteiger partial charge in [-0.25, -0.2) is 0 Å². The minimum Gasteiger partial charge on any atom is -0.508 e. The molecule has 9 aromatic rings. The molecule has 60 heavy (non-hydrogen) atoms. The monoisotopic (exact) mass is 808 g/mol. The third kappa shape index (κ3) is 8.10. The third-order valence-corrected chi connectivity index (χ3v) is 9.21. The van der Waals surface area contributed by atoms with Crippen LogP contribution in [0.1, 0.15) is 0 Å². The first kappa shape index (κ1) is 39.6. The van der Waals surface area contributed by atoms with E-state index >= 15 is 0 Å². The first-order valence-corrected chi connectivity index (χ1v) is 17.7. The Morgan fingerprint density at radius 1 is 0.400 bits per heavy atom. The molecule has 0 saturated carbocycles. The van der Waals surface area contributed by atoms with E-state index < -0.39 is 5.43 Å². The summed E-state index contributed by atoms with van der Waals surface area (Å²) in [5, 5.41) is 66.7. The SMILES string of the molecule is COc1cc2c(=O)c(-c3ccc(O)cc3)coc2cc1O.O=c1c(-c2ccc(O)cc2)coc2cc(O)cc(O)c12.O=c1c(-c2ccc(O)cc2)coc2cc(O)ccc12. The Bertz CT molecular complexity index is 3200. The summed E-state index contributed by atoms with van der Waals surface area (Å²) in [6.45, 7) is 0. The molecule has 14 heteroatoms. The van der Waals surface area contributed by atoms with Gasteiger partial charge in [0.25, 0.3) is 0 Å². The molecule has 0 saturated heterocycles. The van der Waals surface area contributed by atoms with E-state index in [0.717, 1.165) is 6.07 Å². The molecule has 3 aromatic heterocycles. The second kappa shape index (κ2) is 16.4. The van der Waals surface area contributed by atoms with E-state index in [2.05, 4.69) is 0 Å². The number of phenolic OH excluding ortho intramolecular Hbond substituents is 7. The molecular formula is C46H32O14. The van der Waals surface area contributed by atoms with Crippen molar-refractivity contribution in [1.82, 2.24) is 0 Å². The second-order valence-electron chi connectivity index (χ2n) is 13.1. The Hall–Kier alpha value is -8.65. The smallest absolute Gasteiger partial charge is 0.204 e. The lowest BCUT2D eigenvalue weighted by Crippen LogP contribution is -2.05. The fourth-order valence-corrected chi connectivity index (χ4v) is 6.16. The van der Waals surface area contributed by atoms with Crippen molar-refractivity contribution in [2.45, 2.75) is 0 Å². The summed E-state index contributed by atoms with van der Waals surface area (Å²) in [5.41, 5.74) is 2.82. The predicted molar refractivity (Wildman–Crippen MR) is 222 cm³/mol. The molecule has 7 N–H and O–H groups in total. The molecular weight excluding hydrogens is 776 g/mol. The number of fused-ring (bicyclic) bond motifs is 3. The molecule has 300 valence electrons. The van der Waals surface area contributed by atoms with E-state index in [1.807, 2.05) is 0 Å². The lowest BCUT2D eigenvalue weighted by Gasteiger charge is -2.06. The van der Waals surface area contributed by atoms with Gasteiger partial charge >= 0.3 is 0 Å². The summed E-state index contributed by atoms with van der Waals surface area (Å²) in [5.74, 6) is -0.0119. The highest BCUT2D eigenvalue weighted by Crippen LogP contribution is 2.32. The summed E-state index contributed by atoms with van der Waals surface area (Å²) in [6.07, 6.45) is 3.95. The van der Waals surface area contributed by atoms with Gasteiger partial charge in [0.05, 0.1) is 34.6 Å². The van der Waals surface area contributed by atoms with Crippen LogP contribution in [0.25, 0.3) is 66.3 Å². The van der Waals surface area contributed by atoms with E-state index in [0.29, 0.717) is 44.2 Å². The minimum absolute atomic E-state index is 0.00775. The number of phenols is 7. The number of benzene rings is 6. The topological polar surface area (TPSA) is 241 Å². The quantitative estimate of drug-likeness (QED) is 0.0884. The third-order valence-electron chi connectivity index (χ3n) is 9.21. The zero-order valence-corrected chi connectivity index (χ0v) is 31.2. The first-order chi connectivity index (χ1) is 28.8. The van der Waals surface area contributed by atoms with Gasteiger partial charge in [0.15, 0.2) is 16.9 Å². The minimum atomic E-state index is -0.408. The Morgan fingerprint density at radius 2 is 0.817 bits per heavy atom. The molecule has 0 aliphatic carbocycles. The van der Waals surface area contributed by atoms with Gasteiger partial charge in [-0.3, -0.25) is 14.4 Å². The van der Waals surface area contributed by atoms with Crippen LogP contribution in [0.3, 0.4) is 0 Å². The highest BCUT2D eigenvalue weighted by molar-refractivity contribution is 5.88. The van der Waals surface area contributed by atoms with E-state index in [-0.39, 0.29) is 79.0 Å². The second-order valence-corrected chi connectivity index (χ2v) is 13.1. The van der Waals surface area contributed by atoms with E-state index in [9.17, 15) is 50.1 Å². The summed E-state index contributed by atoms with van der Waals surface area (Å²) in [6, 6.07) is 28.1.